The molecule has 2 amide bonds. The molecule has 1 aliphatic rings. The molecule has 3 aromatic carbocycles. The Hall–Kier alpha value is -3.60. The van der Waals surface area contributed by atoms with Crippen LogP contribution in [-0.4, -0.2) is 35.9 Å². The van der Waals surface area contributed by atoms with Gasteiger partial charge in [-0.3, -0.25) is 9.59 Å². The third kappa shape index (κ3) is 6.01. The molecular formula is C28H30N2O3. The summed E-state index contributed by atoms with van der Waals surface area (Å²) in [6, 6.07) is 24.9. The van der Waals surface area contributed by atoms with Gasteiger partial charge < -0.3 is 15.0 Å². The molecule has 170 valence electrons. The zero-order chi connectivity index (χ0) is 23.0. The molecule has 4 rings (SSSR count). The van der Waals surface area contributed by atoms with Crippen LogP contribution in [0.4, 0.5) is 5.69 Å². The van der Waals surface area contributed by atoms with Gasteiger partial charge >= 0.3 is 0 Å². The molecule has 1 heterocycles. The van der Waals surface area contributed by atoms with Crippen molar-refractivity contribution >= 4 is 17.5 Å². The molecule has 1 aliphatic heterocycles. The van der Waals surface area contributed by atoms with Gasteiger partial charge in [0.25, 0.3) is 11.8 Å². The van der Waals surface area contributed by atoms with Crippen LogP contribution in [0.5, 0.6) is 5.75 Å². The van der Waals surface area contributed by atoms with Crippen molar-refractivity contribution in [2.45, 2.75) is 38.7 Å². The Morgan fingerprint density at radius 2 is 1.48 bits per heavy atom. The zero-order valence-electron chi connectivity index (χ0n) is 19.0. The van der Waals surface area contributed by atoms with E-state index in [0.29, 0.717) is 17.0 Å². The highest BCUT2D eigenvalue weighted by Gasteiger charge is 2.19. The molecule has 0 saturated carbocycles. The summed E-state index contributed by atoms with van der Waals surface area (Å²) in [4.78, 5) is 27.5. The number of nitrogens with one attached hydrogen (secondary N) is 1. The molecule has 5 heteroatoms. The number of likely N-dealkylation sites (tertiary alicyclic amines) is 1. The Morgan fingerprint density at radius 1 is 0.818 bits per heavy atom. The van der Waals surface area contributed by atoms with Gasteiger partial charge in [0, 0.05) is 24.3 Å². The lowest BCUT2D eigenvalue weighted by atomic mass is 10.1. The van der Waals surface area contributed by atoms with Crippen LogP contribution < -0.4 is 10.1 Å². The number of nitrogens with zero attached hydrogens (tertiary/aromatic N) is 1. The molecule has 1 fully saturated rings. The Morgan fingerprint density at radius 3 is 2.18 bits per heavy atom. The normalized spacial score (nSPS) is 14.8. The number of hydrogen-bond acceptors (Lipinski definition) is 3. The fourth-order valence-electron chi connectivity index (χ4n) is 4.04. The number of benzene rings is 3. The van der Waals surface area contributed by atoms with Crippen LogP contribution in [0.25, 0.3) is 11.1 Å². The summed E-state index contributed by atoms with van der Waals surface area (Å²) >= 11 is 0. The molecule has 1 atom stereocenters. The van der Waals surface area contributed by atoms with Crippen molar-refractivity contribution in [1.29, 1.82) is 0 Å². The second kappa shape index (κ2) is 10.8. The number of rotatable bonds is 6. The van der Waals surface area contributed by atoms with Crippen molar-refractivity contribution < 1.29 is 14.3 Å². The van der Waals surface area contributed by atoms with Crippen molar-refractivity contribution in [2.24, 2.45) is 0 Å². The van der Waals surface area contributed by atoms with Gasteiger partial charge in [-0.2, -0.15) is 0 Å². The van der Waals surface area contributed by atoms with E-state index in [2.05, 4.69) is 17.4 Å². The lowest BCUT2D eigenvalue weighted by molar-refractivity contribution is -0.122. The predicted molar refractivity (Wildman–Crippen MR) is 131 cm³/mol. The van der Waals surface area contributed by atoms with Gasteiger partial charge in [-0.25, -0.2) is 0 Å². The van der Waals surface area contributed by atoms with Crippen LogP contribution in [0.1, 0.15) is 43.0 Å². The van der Waals surface area contributed by atoms with E-state index >= 15 is 0 Å². The molecular weight excluding hydrogens is 412 g/mol. The second-order valence-electron chi connectivity index (χ2n) is 8.43. The molecule has 0 spiro atoms. The van der Waals surface area contributed by atoms with Crippen LogP contribution in [-0.2, 0) is 4.79 Å². The summed E-state index contributed by atoms with van der Waals surface area (Å²) in [6.07, 6.45) is 3.75. The highest BCUT2D eigenvalue weighted by molar-refractivity contribution is 5.98. The maximum absolute atomic E-state index is 12.9. The van der Waals surface area contributed by atoms with E-state index in [1.807, 2.05) is 47.4 Å². The maximum atomic E-state index is 12.9. The first-order valence-electron chi connectivity index (χ1n) is 11.6. The molecule has 0 radical (unpaired) electrons. The minimum atomic E-state index is -0.683. The molecule has 1 N–H and O–H groups in total. The lowest BCUT2D eigenvalue weighted by Gasteiger charge is -2.21. The van der Waals surface area contributed by atoms with Crippen LogP contribution in [0.2, 0.25) is 0 Å². The summed E-state index contributed by atoms with van der Waals surface area (Å²) in [7, 11) is 0. The van der Waals surface area contributed by atoms with Crippen molar-refractivity contribution in [3.63, 3.8) is 0 Å². The number of hydrogen-bond donors (Lipinski definition) is 1. The first-order chi connectivity index (χ1) is 16.1. The van der Waals surface area contributed by atoms with Crippen LogP contribution >= 0.6 is 0 Å². The minimum Gasteiger partial charge on any atom is -0.481 e. The molecule has 0 aliphatic carbocycles. The van der Waals surface area contributed by atoms with Gasteiger partial charge in [-0.05, 0) is 61.2 Å². The number of ether oxygens (including phenoxy) is 1. The molecule has 1 saturated heterocycles. The average Bonchev–Trinajstić information content (AvgIpc) is 3.14. The van der Waals surface area contributed by atoms with Gasteiger partial charge in [0.1, 0.15) is 5.75 Å². The van der Waals surface area contributed by atoms with Crippen LogP contribution in [0.15, 0.2) is 78.9 Å². The summed E-state index contributed by atoms with van der Waals surface area (Å²) in [5, 5.41) is 2.88. The lowest BCUT2D eigenvalue weighted by Crippen LogP contribution is -2.32. The van der Waals surface area contributed by atoms with E-state index in [9.17, 15) is 9.59 Å². The third-order valence-corrected chi connectivity index (χ3v) is 5.91. The smallest absolute Gasteiger partial charge is 0.265 e. The molecule has 33 heavy (non-hydrogen) atoms. The number of carbonyl (C=O) groups excluding carboxylic acids is 2. The fraction of sp³-hybridized carbons (Fsp3) is 0.286. The van der Waals surface area contributed by atoms with Crippen LogP contribution in [0, 0.1) is 0 Å². The monoisotopic (exact) mass is 442 g/mol. The SMILES string of the molecule is CC(Oc1ccc(-c2ccccc2)cc1)C(=O)Nc1cccc(C(=O)N2CCCCCC2)c1. The molecule has 5 nitrogen and oxygen atoms in total. The maximum Gasteiger partial charge on any atom is 0.265 e. The first kappa shape index (κ1) is 22.6. The molecule has 3 aromatic rings. The summed E-state index contributed by atoms with van der Waals surface area (Å²) in [5.74, 6) is 0.389. The van der Waals surface area contributed by atoms with E-state index in [0.717, 1.165) is 37.1 Å². The van der Waals surface area contributed by atoms with Gasteiger partial charge in [-0.15, -0.1) is 0 Å². The Balaban J connectivity index is 1.36. The second-order valence-corrected chi connectivity index (χ2v) is 8.43. The topological polar surface area (TPSA) is 58.6 Å². The largest absolute Gasteiger partial charge is 0.481 e. The third-order valence-electron chi connectivity index (χ3n) is 5.91. The quantitative estimate of drug-likeness (QED) is 0.527. The Labute approximate surface area is 195 Å². The van der Waals surface area contributed by atoms with E-state index in [1.165, 1.54) is 12.8 Å². The van der Waals surface area contributed by atoms with Crippen molar-refractivity contribution in [2.75, 3.05) is 18.4 Å². The van der Waals surface area contributed by atoms with Crippen molar-refractivity contribution in [1.82, 2.24) is 4.90 Å². The number of carbonyl (C=O) groups is 2. The molecule has 0 aromatic heterocycles. The molecule has 1 unspecified atom stereocenters. The Bertz CT molecular complexity index is 1070. The summed E-state index contributed by atoms with van der Waals surface area (Å²) in [5.41, 5.74) is 3.41. The molecule has 0 bridgehead atoms. The van der Waals surface area contributed by atoms with Gasteiger partial charge in [0.05, 0.1) is 0 Å². The van der Waals surface area contributed by atoms with Gasteiger partial charge in [-0.1, -0.05) is 61.4 Å². The summed E-state index contributed by atoms with van der Waals surface area (Å²) in [6.45, 7) is 3.30. The van der Waals surface area contributed by atoms with Gasteiger partial charge in [0.15, 0.2) is 6.10 Å². The average molecular weight is 443 g/mol. The van der Waals surface area contributed by atoms with E-state index in [-0.39, 0.29) is 11.8 Å². The minimum absolute atomic E-state index is 0.0239. The first-order valence-corrected chi connectivity index (χ1v) is 11.6. The number of anilines is 1. The Kier molecular flexibility index (Phi) is 7.40. The van der Waals surface area contributed by atoms with E-state index in [4.69, 9.17) is 4.74 Å². The number of amides is 2. The highest BCUT2D eigenvalue weighted by atomic mass is 16.5. The zero-order valence-corrected chi connectivity index (χ0v) is 19.0. The predicted octanol–water partition coefficient (Wildman–Crippen LogP) is 5.78. The standard InChI is InChI=1S/C28H30N2O3/c1-21(33-26-16-14-23(15-17-26)22-10-5-4-6-11-22)27(31)29-25-13-9-12-24(20-25)28(32)30-18-7-2-3-8-19-30/h4-6,9-17,20-21H,2-3,7-8,18-19H2,1H3,(H,29,31). The van der Waals surface area contributed by atoms with E-state index < -0.39 is 6.10 Å². The van der Waals surface area contributed by atoms with E-state index in [1.54, 1.807) is 31.2 Å². The van der Waals surface area contributed by atoms with Gasteiger partial charge in [0.2, 0.25) is 0 Å². The van der Waals surface area contributed by atoms with Crippen molar-refractivity contribution in [3.8, 4) is 16.9 Å². The summed E-state index contributed by atoms with van der Waals surface area (Å²) < 4.78 is 5.84. The highest BCUT2D eigenvalue weighted by Crippen LogP contribution is 2.23. The fourth-order valence-corrected chi connectivity index (χ4v) is 4.04. The van der Waals surface area contributed by atoms with Crippen LogP contribution in [0.3, 0.4) is 0 Å². The van der Waals surface area contributed by atoms with Crippen molar-refractivity contribution in [3.05, 3.63) is 84.4 Å².